The van der Waals surface area contributed by atoms with Crippen molar-refractivity contribution in [2.75, 3.05) is 33.7 Å². The number of hydrogen-bond donors (Lipinski definition) is 1. The minimum Gasteiger partial charge on any atom is -0.392 e. The van der Waals surface area contributed by atoms with Crippen LogP contribution >= 0.6 is 0 Å². The molecule has 1 fully saturated rings. The summed E-state index contributed by atoms with van der Waals surface area (Å²) in [6.07, 6.45) is 1.15. The van der Waals surface area contributed by atoms with Crippen LogP contribution in [0.5, 0.6) is 0 Å². The Labute approximate surface area is 120 Å². The highest BCUT2D eigenvalue weighted by Gasteiger charge is 2.27. The van der Waals surface area contributed by atoms with Crippen molar-refractivity contribution in [2.24, 2.45) is 5.92 Å². The summed E-state index contributed by atoms with van der Waals surface area (Å²) in [5.41, 5.74) is 0. The fourth-order valence-corrected chi connectivity index (χ4v) is 2.45. The Kier molecular flexibility index (Phi) is 5.12. The van der Waals surface area contributed by atoms with Crippen LogP contribution in [-0.2, 0) is 6.42 Å². The van der Waals surface area contributed by atoms with Gasteiger partial charge < -0.3 is 14.5 Å². The Balaban J connectivity index is 2.06. The van der Waals surface area contributed by atoms with E-state index in [0.29, 0.717) is 12.3 Å². The second-order valence-corrected chi connectivity index (χ2v) is 6.17. The van der Waals surface area contributed by atoms with Crippen molar-refractivity contribution in [3.8, 4) is 0 Å². The number of likely N-dealkylation sites (N-methyl/N-ethyl adjacent to an activating group) is 2. The van der Waals surface area contributed by atoms with Crippen molar-refractivity contribution in [2.45, 2.75) is 38.8 Å². The number of nitrogens with zero attached hydrogens (tertiary/aromatic N) is 4. The van der Waals surface area contributed by atoms with Gasteiger partial charge in [0.2, 0.25) is 5.89 Å². The first-order chi connectivity index (χ1) is 9.47. The second-order valence-electron chi connectivity index (χ2n) is 6.17. The van der Waals surface area contributed by atoms with Crippen molar-refractivity contribution < 1.29 is 9.63 Å². The van der Waals surface area contributed by atoms with E-state index in [-0.39, 0.29) is 12.0 Å². The van der Waals surface area contributed by atoms with Gasteiger partial charge in [0.15, 0.2) is 5.82 Å². The van der Waals surface area contributed by atoms with Gasteiger partial charge in [0.1, 0.15) is 0 Å². The Hall–Kier alpha value is -0.980. The largest absolute Gasteiger partial charge is 0.392 e. The highest BCUT2D eigenvalue weighted by molar-refractivity contribution is 4.98. The van der Waals surface area contributed by atoms with Gasteiger partial charge in [0, 0.05) is 6.54 Å². The molecule has 0 radical (unpaired) electrons. The smallest absolute Gasteiger partial charge is 0.229 e. The van der Waals surface area contributed by atoms with E-state index in [1.54, 1.807) is 0 Å². The van der Waals surface area contributed by atoms with Crippen LogP contribution in [-0.4, -0.2) is 64.9 Å². The summed E-state index contributed by atoms with van der Waals surface area (Å²) < 4.78 is 5.30. The maximum absolute atomic E-state index is 9.89. The summed E-state index contributed by atoms with van der Waals surface area (Å²) in [6.45, 7) is 7.00. The molecule has 1 aromatic rings. The molecular weight excluding hydrogens is 256 g/mol. The molecule has 0 aliphatic carbocycles. The quantitative estimate of drug-likeness (QED) is 0.886. The third-order valence-electron chi connectivity index (χ3n) is 4.00. The minimum absolute atomic E-state index is 0.163. The lowest BCUT2D eigenvalue weighted by Gasteiger charge is -2.24. The Morgan fingerprint density at radius 2 is 2.10 bits per heavy atom. The molecular formula is C14H26N4O2. The van der Waals surface area contributed by atoms with Gasteiger partial charge in [-0.1, -0.05) is 19.0 Å². The van der Waals surface area contributed by atoms with E-state index in [4.69, 9.17) is 4.52 Å². The number of aliphatic hydroxyl groups is 1. The zero-order valence-corrected chi connectivity index (χ0v) is 12.9. The molecule has 114 valence electrons. The van der Waals surface area contributed by atoms with E-state index in [9.17, 15) is 5.11 Å². The highest BCUT2D eigenvalue weighted by Crippen LogP contribution is 2.21. The molecule has 0 amide bonds. The third kappa shape index (κ3) is 3.77. The molecule has 1 aliphatic heterocycles. The number of rotatable bonds is 4. The minimum atomic E-state index is -0.433. The lowest BCUT2D eigenvalue weighted by Crippen LogP contribution is -2.31. The normalized spacial score (nSPS) is 24.0. The molecule has 1 aliphatic rings. The van der Waals surface area contributed by atoms with Crippen molar-refractivity contribution in [3.05, 3.63) is 11.7 Å². The highest BCUT2D eigenvalue weighted by atomic mass is 16.5. The van der Waals surface area contributed by atoms with Crippen molar-refractivity contribution >= 4 is 0 Å². The van der Waals surface area contributed by atoms with Gasteiger partial charge in [0.25, 0.3) is 0 Å². The fraction of sp³-hybridized carbons (Fsp3) is 0.857. The van der Waals surface area contributed by atoms with Crippen LogP contribution in [0.3, 0.4) is 0 Å². The molecule has 1 N–H and O–H groups in total. The Morgan fingerprint density at radius 1 is 1.35 bits per heavy atom. The van der Waals surface area contributed by atoms with E-state index in [0.717, 1.165) is 31.9 Å². The maximum Gasteiger partial charge on any atom is 0.229 e. The lowest BCUT2D eigenvalue weighted by atomic mass is 10.0. The molecule has 0 bridgehead atoms. The molecule has 2 heterocycles. The van der Waals surface area contributed by atoms with Gasteiger partial charge in [0.05, 0.1) is 18.6 Å². The molecule has 20 heavy (non-hydrogen) atoms. The van der Waals surface area contributed by atoms with Gasteiger partial charge in [-0.25, -0.2) is 0 Å². The van der Waals surface area contributed by atoms with Crippen molar-refractivity contribution in [1.29, 1.82) is 0 Å². The predicted octanol–water partition coefficient (Wildman–Crippen LogP) is 0.937. The molecule has 2 atom stereocenters. The molecule has 2 rings (SSSR count). The molecule has 2 unspecified atom stereocenters. The lowest BCUT2D eigenvalue weighted by molar-refractivity contribution is 0.115. The van der Waals surface area contributed by atoms with Gasteiger partial charge in [-0.05, 0) is 39.5 Å². The summed E-state index contributed by atoms with van der Waals surface area (Å²) >= 11 is 0. The topological polar surface area (TPSA) is 65.6 Å². The van der Waals surface area contributed by atoms with Crippen LogP contribution in [0.25, 0.3) is 0 Å². The first-order valence-corrected chi connectivity index (χ1v) is 7.36. The fourth-order valence-electron chi connectivity index (χ4n) is 2.45. The van der Waals surface area contributed by atoms with Crippen LogP contribution in [0.4, 0.5) is 0 Å². The average molecular weight is 282 g/mol. The summed E-state index contributed by atoms with van der Waals surface area (Å²) in [5, 5.41) is 14.0. The summed E-state index contributed by atoms with van der Waals surface area (Å²) in [6, 6.07) is 0.163. The first-order valence-electron chi connectivity index (χ1n) is 7.36. The molecule has 6 nitrogen and oxygen atoms in total. The van der Waals surface area contributed by atoms with Crippen LogP contribution in [0.1, 0.15) is 38.0 Å². The standard InChI is InChI=1S/C14H26N4O2/c1-10(2)12(19)8-13-15-14(16-20-13)11-9-17(3)6-5-7-18(11)4/h10-12,19H,5-9H2,1-4H3. The molecule has 0 saturated carbocycles. The Morgan fingerprint density at radius 3 is 2.80 bits per heavy atom. The van der Waals surface area contributed by atoms with E-state index >= 15 is 0 Å². The van der Waals surface area contributed by atoms with E-state index in [2.05, 4.69) is 34.0 Å². The molecule has 1 aromatic heterocycles. The molecule has 1 saturated heterocycles. The monoisotopic (exact) mass is 282 g/mol. The summed E-state index contributed by atoms with van der Waals surface area (Å²) in [7, 11) is 4.22. The van der Waals surface area contributed by atoms with E-state index in [1.165, 1.54) is 0 Å². The summed E-state index contributed by atoms with van der Waals surface area (Å²) in [4.78, 5) is 9.05. The molecule has 6 heteroatoms. The predicted molar refractivity (Wildman–Crippen MR) is 76.3 cm³/mol. The van der Waals surface area contributed by atoms with Crippen LogP contribution in [0, 0.1) is 5.92 Å². The summed E-state index contributed by atoms with van der Waals surface area (Å²) in [5.74, 6) is 1.45. The van der Waals surface area contributed by atoms with Gasteiger partial charge in [-0.15, -0.1) is 0 Å². The zero-order chi connectivity index (χ0) is 14.7. The van der Waals surface area contributed by atoms with Crippen LogP contribution < -0.4 is 0 Å². The molecule has 0 aromatic carbocycles. The van der Waals surface area contributed by atoms with Crippen LogP contribution in [0.2, 0.25) is 0 Å². The van der Waals surface area contributed by atoms with E-state index < -0.39 is 6.10 Å². The van der Waals surface area contributed by atoms with Crippen molar-refractivity contribution in [1.82, 2.24) is 19.9 Å². The van der Waals surface area contributed by atoms with Crippen molar-refractivity contribution in [3.63, 3.8) is 0 Å². The second kappa shape index (κ2) is 6.65. The molecule has 0 spiro atoms. The SMILES string of the molecule is CC(C)C(O)Cc1nc(C2CN(C)CCCN2C)no1. The zero-order valence-electron chi connectivity index (χ0n) is 12.9. The number of aliphatic hydroxyl groups excluding tert-OH is 1. The third-order valence-corrected chi connectivity index (χ3v) is 4.00. The van der Waals surface area contributed by atoms with Gasteiger partial charge in [-0.2, -0.15) is 4.98 Å². The van der Waals surface area contributed by atoms with E-state index in [1.807, 2.05) is 13.8 Å². The number of hydrogen-bond acceptors (Lipinski definition) is 6. The maximum atomic E-state index is 9.89. The average Bonchev–Trinajstić information content (AvgIpc) is 2.76. The first kappa shape index (κ1) is 15.4. The van der Waals surface area contributed by atoms with Gasteiger partial charge >= 0.3 is 0 Å². The van der Waals surface area contributed by atoms with Crippen LogP contribution in [0.15, 0.2) is 4.52 Å². The Bertz CT molecular complexity index is 421. The van der Waals surface area contributed by atoms with Gasteiger partial charge in [-0.3, -0.25) is 4.90 Å². The number of aromatic nitrogens is 2.